The molecule has 3 nitrogen and oxygen atoms in total. The topological polar surface area (TPSA) is 21.7 Å². The van der Waals surface area contributed by atoms with Crippen LogP contribution in [-0.2, 0) is 11.2 Å². The maximum absolute atomic E-state index is 5.88. The van der Waals surface area contributed by atoms with Crippen molar-refractivity contribution in [2.24, 2.45) is 11.8 Å². The van der Waals surface area contributed by atoms with E-state index in [2.05, 4.69) is 52.9 Å². The van der Waals surface area contributed by atoms with Gasteiger partial charge in [0.1, 0.15) is 5.75 Å². The van der Waals surface area contributed by atoms with Gasteiger partial charge in [0.25, 0.3) is 0 Å². The van der Waals surface area contributed by atoms with Gasteiger partial charge in [0.05, 0.1) is 12.2 Å². The highest BCUT2D eigenvalue weighted by molar-refractivity contribution is 9.10. The molecule has 0 amide bonds. The predicted molar refractivity (Wildman–Crippen MR) is 127 cm³/mol. The zero-order valence-electron chi connectivity index (χ0n) is 18.4. The summed E-state index contributed by atoms with van der Waals surface area (Å²) in [6.45, 7) is 7.98. The molecule has 29 heavy (non-hydrogen) atoms. The SMILES string of the molecule is COC1CCC(CCN2CCC(Cc3cc(OC(C)C)ccc3Br)CC2)CC1.Cl. The van der Waals surface area contributed by atoms with Gasteiger partial charge in [0.15, 0.2) is 0 Å². The fourth-order valence-electron chi connectivity index (χ4n) is 4.80. The van der Waals surface area contributed by atoms with Crippen molar-refractivity contribution in [2.45, 2.75) is 77.4 Å². The summed E-state index contributed by atoms with van der Waals surface area (Å²) >= 11 is 3.74. The fraction of sp³-hybridized carbons (Fsp3) is 0.750. The van der Waals surface area contributed by atoms with Crippen LogP contribution < -0.4 is 4.74 Å². The van der Waals surface area contributed by atoms with Crippen LogP contribution in [0, 0.1) is 11.8 Å². The number of methoxy groups -OCH3 is 1. The molecule has 1 aliphatic heterocycles. The first-order chi connectivity index (χ1) is 13.5. The summed E-state index contributed by atoms with van der Waals surface area (Å²) in [7, 11) is 1.86. The van der Waals surface area contributed by atoms with E-state index in [1.807, 2.05) is 7.11 Å². The van der Waals surface area contributed by atoms with Crippen LogP contribution >= 0.6 is 28.3 Å². The summed E-state index contributed by atoms with van der Waals surface area (Å²) < 4.78 is 12.6. The van der Waals surface area contributed by atoms with E-state index in [0.717, 1.165) is 24.0 Å². The van der Waals surface area contributed by atoms with Crippen LogP contribution in [0.2, 0.25) is 0 Å². The Bertz CT molecular complexity index is 597. The smallest absolute Gasteiger partial charge is 0.120 e. The maximum Gasteiger partial charge on any atom is 0.120 e. The Balaban J connectivity index is 0.00000300. The highest BCUT2D eigenvalue weighted by atomic mass is 79.9. The first-order valence-corrected chi connectivity index (χ1v) is 12.0. The third-order valence-corrected chi connectivity index (χ3v) is 7.36. The van der Waals surface area contributed by atoms with Crippen molar-refractivity contribution in [3.63, 3.8) is 0 Å². The lowest BCUT2D eigenvalue weighted by Crippen LogP contribution is -2.36. The van der Waals surface area contributed by atoms with Crippen molar-refractivity contribution < 1.29 is 9.47 Å². The molecule has 5 heteroatoms. The summed E-state index contributed by atoms with van der Waals surface area (Å²) in [4.78, 5) is 2.70. The Morgan fingerprint density at radius 2 is 1.72 bits per heavy atom. The highest BCUT2D eigenvalue weighted by Crippen LogP contribution is 2.31. The molecular weight excluding hydrogens is 450 g/mol. The van der Waals surface area contributed by atoms with Crippen LogP contribution in [0.3, 0.4) is 0 Å². The summed E-state index contributed by atoms with van der Waals surface area (Å²) in [5, 5.41) is 0. The quantitative estimate of drug-likeness (QED) is 0.416. The molecular formula is C24H39BrClNO2. The molecule has 0 radical (unpaired) electrons. The third-order valence-electron chi connectivity index (χ3n) is 6.59. The lowest BCUT2D eigenvalue weighted by Gasteiger charge is -2.34. The number of hydrogen-bond acceptors (Lipinski definition) is 3. The van der Waals surface area contributed by atoms with Crippen molar-refractivity contribution in [1.29, 1.82) is 0 Å². The largest absolute Gasteiger partial charge is 0.491 e. The maximum atomic E-state index is 5.88. The van der Waals surface area contributed by atoms with Crippen LogP contribution in [0.25, 0.3) is 0 Å². The van der Waals surface area contributed by atoms with E-state index in [4.69, 9.17) is 9.47 Å². The molecule has 1 saturated carbocycles. The molecule has 3 rings (SSSR count). The molecule has 1 aromatic rings. The van der Waals surface area contributed by atoms with Crippen LogP contribution in [-0.4, -0.2) is 43.9 Å². The number of rotatable bonds is 8. The van der Waals surface area contributed by atoms with Crippen LogP contribution in [0.5, 0.6) is 5.75 Å². The van der Waals surface area contributed by atoms with Gasteiger partial charge < -0.3 is 14.4 Å². The minimum Gasteiger partial charge on any atom is -0.491 e. The number of ether oxygens (including phenoxy) is 2. The summed E-state index contributed by atoms with van der Waals surface area (Å²) in [6, 6.07) is 6.43. The van der Waals surface area contributed by atoms with Gasteiger partial charge in [0.2, 0.25) is 0 Å². The second-order valence-electron chi connectivity index (χ2n) is 9.08. The molecule has 1 saturated heterocycles. The van der Waals surface area contributed by atoms with E-state index in [-0.39, 0.29) is 18.5 Å². The number of likely N-dealkylation sites (tertiary alicyclic amines) is 1. The number of hydrogen-bond donors (Lipinski definition) is 0. The van der Waals surface area contributed by atoms with Gasteiger partial charge in [-0.25, -0.2) is 0 Å². The van der Waals surface area contributed by atoms with Crippen molar-refractivity contribution in [1.82, 2.24) is 4.90 Å². The van der Waals surface area contributed by atoms with E-state index < -0.39 is 0 Å². The molecule has 0 spiro atoms. The molecule has 0 aromatic heterocycles. The summed E-state index contributed by atoms with van der Waals surface area (Å²) in [6.07, 6.45) is 11.2. The fourth-order valence-corrected chi connectivity index (χ4v) is 5.21. The Labute approximate surface area is 192 Å². The Hall–Kier alpha value is -0.290. The highest BCUT2D eigenvalue weighted by Gasteiger charge is 2.24. The van der Waals surface area contributed by atoms with E-state index in [1.54, 1.807) is 0 Å². The van der Waals surface area contributed by atoms with Crippen molar-refractivity contribution in [2.75, 3.05) is 26.7 Å². The molecule has 1 heterocycles. The number of benzene rings is 1. The average molecular weight is 489 g/mol. The first kappa shape index (κ1) is 25.0. The average Bonchev–Trinajstić information content (AvgIpc) is 2.70. The second kappa shape index (κ2) is 12.5. The van der Waals surface area contributed by atoms with Gasteiger partial charge in [0, 0.05) is 11.6 Å². The van der Waals surface area contributed by atoms with Gasteiger partial charge in [-0.1, -0.05) is 15.9 Å². The lowest BCUT2D eigenvalue weighted by atomic mass is 9.85. The van der Waals surface area contributed by atoms with Gasteiger partial charge in [-0.3, -0.25) is 0 Å². The third kappa shape index (κ3) is 8.05. The summed E-state index contributed by atoms with van der Waals surface area (Å²) in [5.41, 5.74) is 1.39. The van der Waals surface area contributed by atoms with Crippen LogP contribution in [0.1, 0.15) is 64.4 Å². The molecule has 1 aliphatic carbocycles. The van der Waals surface area contributed by atoms with Crippen LogP contribution in [0.4, 0.5) is 0 Å². The minimum absolute atomic E-state index is 0. The zero-order valence-corrected chi connectivity index (χ0v) is 20.8. The van der Waals surface area contributed by atoms with Gasteiger partial charge in [-0.15, -0.1) is 12.4 Å². The second-order valence-corrected chi connectivity index (χ2v) is 9.93. The van der Waals surface area contributed by atoms with E-state index in [9.17, 15) is 0 Å². The number of piperidine rings is 1. The van der Waals surface area contributed by atoms with E-state index >= 15 is 0 Å². The number of nitrogens with zero attached hydrogens (tertiary/aromatic N) is 1. The molecule has 0 N–H and O–H groups in total. The van der Waals surface area contributed by atoms with Gasteiger partial charge in [-0.05, 0) is 120 Å². The van der Waals surface area contributed by atoms with Crippen molar-refractivity contribution in [3.05, 3.63) is 28.2 Å². The van der Waals surface area contributed by atoms with Crippen molar-refractivity contribution >= 4 is 28.3 Å². The lowest BCUT2D eigenvalue weighted by molar-refractivity contribution is 0.0527. The minimum atomic E-state index is 0. The van der Waals surface area contributed by atoms with Gasteiger partial charge in [-0.2, -0.15) is 0 Å². The molecule has 0 unspecified atom stereocenters. The van der Waals surface area contributed by atoms with Gasteiger partial charge >= 0.3 is 0 Å². The Kier molecular flexibility index (Phi) is 10.8. The standard InChI is InChI=1S/C24H38BrNO2.ClH/c1-18(2)28-23-8-9-24(25)21(17-23)16-20-11-14-26(15-12-20)13-10-19-4-6-22(27-3)7-5-19;/h8-9,17-20,22H,4-7,10-16H2,1-3H3;1H. The molecule has 0 bridgehead atoms. The molecule has 166 valence electrons. The monoisotopic (exact) mass is 487 g/mol. The molecule has 0 atom stereocenters. The van der Waals surface area contributed by atoms with E-state index in [0.29, 0.717) is 6.10 Å². The normalized spacial score (nSPS) is 23.8. The number of halogens is 2. The molecule has 2 fully saturated rings. The molecule has 1 aromatic carbocycles. The summed E-state index contributed by atoms with van der Waals surface area (Å²) in [5.74, 6) is 2.71. The Morgan fingerprint density at radius 3 is 2.34 bits per heavy atom. The Morgan fingerprint density at radius 1 is 1.03 bits per heavy atom. The van der Waals surface area contributed by atoms with Crippen molar-refractivity contribution in [3.8, 4) is 5.75 Å². The van der Waals surface area contributed by atoms with E-state index in [1.165, 1.54) is 74.6 Å². The zero-order chi connectivity index (χ0) is 19.9. The predicted octanol–water partition coefficient (Wildman–Crippen LogP) is 6.51. The van der Waals surface area contributed by atoms with Crippen LogP contribution in [0.15, 0.2) is 22.7 Å². The first-order valence-electron chi connectivity index (χ1n) is 11.2. The molecule has 2 aliphatic rings.